The molecule has 6 heteroatoms. The monoisotopic (exact) mass is 309 g/mol. The standard InChI is InChI=1S/C15H23N3O2S/c1-5-15(4)14(20)17-12(6-10(2)3)13(19)18(15)8-11-7-16-9-21-11/h7,9-10,12H,5-6,8H2,1-4H3,(H,17,20). The van der Waals surface area contributed by atoms with Crippen molar-refractivity contribution in [1.82, 2.24) is 15.2 Å². The van der Waals surface area contributed by atoms with E-state index in [4.69, 9.17) is 0 Å². The summed E-state index contributed by atoms with van der Waals surface area (Å²) in [6, 6.07) is -0.412. The normalized spacial score (nSPS) is 26.3. The fraction of sp³-hybridized carbons (Fsp3) is 0.667. The molecule has 2 unspecified atom stereocenters. The molecular formula is C15H23N3O2S. The largest absolute Gasteiger partial charge is 0.342 e. The van der Waals surface area contributed by atoms with Crippen LogP contribution in [0.4, 0.5) is 0 Å². The summed E-state index contributed by atoms with van der Waals surface area (Å²) in [6.07, 6.45) is 3.03. The summed E-state index contributed by atoms with van der Waals surface area (Å²) < 4.78 is 0. The molecule has 5 nitrogen and oxygen atoms in total. The molecule has 1 aliphatic heterocycles. The lowest BCUT2D eigenvalue weighted by molar-refractivity contribution is -0.158. The van der Waals surface area contributed by atoms with Gasteiger partial charge in [0, 0.05) is 11.1 Å². The Morgan fingerprint density at radius 3 is 2.71 bits per heavy atom. The van der Waals surface area contributed by atoms with Gasteiger partial charge in [0.25, 0.3) is 0 Å². The molecule has 1 aromatic rings. The number of amides is 2. The second-order valence-electron chi connectivity index (χ2n) is 6.18. The van der Waals surface area contributed by atoms with Crippen molar-refractivity contribution < 1.29 is 9.59 Å². The predicted molar refractivity (Wildman–Crippen MR) is 82.7 cm³/mol. The quantitative estimate of drug-likeness (QED) is 0.907. The van der Waals surface area contributed by atoms with Crippen LogP contribution in [-0.2, 0) is 16.1 Å². The molecule has 0 aromatic carbocycles. The summed E-state index contributed by atoms with van der Waals surface area (Å²) in [5.41, 5.74) is 0.966. The first-order valence-electron chi connectivity index (χ1n) is 7.38. The van der Waals surface area contributed by atoms with Gasteiger partial charge in [0.05, 0.1) is 12.1 Å². The van der Waals surface area contributed by atoms with E-state index in [2.05, 4.69) is 24.1 Å². The zero-order valence-electron chi connectivity index (χ0n) is 13.0. The Labute approximate surface area is 129 Å². The number of nitrogens with zero attached hydrogens (tertiary/aromatic N) is 2. The van der Waals surface area contributed by atoms with Gasteiger partial charge in [-0.15, -0.1) is 11.3 Å². The molecule has 2 rings (SSSR count). The lowest BCUT2D eigenvalue weighted by atomic mass is 9.88. The number of hydrogen-bond acceptors (Lipinski definition) is 4. The van der Waals surface area contributed by atoms with Gasteiger partial charge in [0.15, 0.2) is 0 Å². The number of piperazine rings is 1. The molecular weight excluding hydrogens is 286 g/mol. The molecule has 0 bridgehead atoms. The smallest absolute Gasteiger partial charge is 0.246 e. The van der Waals surface area contributed by atoms with Gasteiger partial charge >= 0.3 is 0 Å². The van der Waals surface area contributed by atoms with Crippen LogP contribution in [0.15, 0.2) is 11.7 Å². The van der Waals surface area contributed by atoms with Crippen LogP contribution in [0.2, 0.25) is 0 Å². The molecule has 116 valence electrons. The number of carbonyl (C=O) groups excluding carboxylic acids is 2. The molecule has 0 radical (unpaired) electrons. The lowest BCUT2D eigenvalue weighted by Gasteiger charge is -2.46. The Morgan fingerprint density at radius 2 is 2.19 bits per heavy atom. The molecule has 2 atom stereocenters. The van der Waals surface area contributed by atoms with Gasteiger partial charge < -0.3 is 10.2 Å². The zero-order valence-corrected chi connectivity index (χ0v) is 13.9. The van der Waals surface area contributed by atoms with Crippen LogP contribution in [0.1, 0.15) is 45.4 Å². The maximum absolute atomic E-state index is 12.8. The van der Waals surface area contributed by atoms with Gasteiger partial charge in [-0.3, -0.25) is 14.6 Å². The van der Waals surface area contributed by atoms with E-state index in [9.17, 15) is 9.59 Å². The van der Waals surface area contributed by atoms with E-state index < -0.39 is 11.6 Å². The first-order valence-corrected chi connectivity index (χ1v) is 8.26. The number of nitrogens with one attached hydrogen (secondary N) is 1. The SMILES string of the molecule is CCC1(C)C(=O)NC(CC(C)C)C(=O)N1Cc1cncs1. The second kappa shape index (κ2) is 6.13. The average molecular weight is 309 g/mol. The number of carbonyl (C=O) groups is 2. The van der Waals surface area contributed by atoms with Crippen molar-refractivity contribution in [2.45, 2.75) is 58.7 Å². The second-order valence-corrected chi connectivity index (χ2v) is 7.15. The van der Waals surface area contributed by atoms with Gasteiger partial charge in [-0.05, 0) is 25.7 Å². The van der Waals surface area contributed by atoms with Crippen molar-refractivity contribution in [2.75, 3.05) is 0 Å². The Morgan fingerprint density at radius 1 is 1.48 bits per heavy atom. The molecule has 21 heavy (non-hydrogen) atoms. The van der Waals surface area contributed by atoms with E-state index >= 15 is 0 Å². The molecule has 0 spiro atoms. The number of rotatable bonds is 5. The maximum Gasteiger partial charge on any atom is 0.246 e. The maximum atomic E-state index is 12.8. The summed E-state index contributed by atoms with van der Waals surface area (Å²) in [7, 11) is 0. The summed E-state index contributed by atoms with van der Waals surface area (Å²) in [4.78, 5) is 32.1. The molecule has 1 saturated heterocycles. The Bertz CT molecular complexity index is 515. The van der Waals surface area contributed by atoms with E-state index in [0.29, 0.717) is 25.3 Å². The Kier molecular flexibility index (Phi) is 4.66. The number of aromatic nitrogens is 1. The van der Waals surface area contributed by atoms with Crippen LogP contribution in [0.3, 0.4) is 0 Å². The third kappa shape index (κ3) is 3.10. The summed E-state index contributed by atoms with van der Waals surface area (Å²) >= 11 is 1.51. The van der Waals surface area contributed by atoms with Crippen molar-refractivity contribution in [1.29, 1.82) is 0 Å². The molecule has 0 saturated carbocycles. The highest BCUT2D eigenvalue weighted by molar-refractivity contribution is 7.09. The Balaban J connectivity index is 2.28. The molecule has 2 heterocycles. The van der Waals surface area contributed by atoms with Crippen molar-refractivity contribution in [3.05, 3.63) is 16.6 Å². The molecule has 1 aliphatic rings. The van der Waals surface area contributed by atoms with Gasteiger partial charge in [-0.25, -0.2) is 0 Å². The summed E-state index contributed by atoms with van der Waals surface area (Å²) in [5.74, 6) is 0.316. The minimum atomic E-state index is -0.783. The highest BCUT2D eigenvalue weighted by Gasteiger charge is 2.48. The van der Waals surface area contributed by atoms with E-state index in [0.717, 1.165) is 4.88 Å². The van der Waals surface area contributed by atoms with Gasteiger partial charge in [-0.1, -0.05) is 20.8 Å². The highest BCUT2D eigenvalue weighted by atomic mass is 32.1. The van der Waals surface area contributed by atoms with Crippen LogP contribution < -0.4 is 5.32 Å². The third-order valence-electron chi connectivity index (χ3n) is 4.15. The fourth-order valence-electron chi connectivity index (χ4n) is 2.64. The summed E-state index contributed by atoms with van der Waals surface area (Å²) in [6.45, 7) is 8.35. The van der Waals surface area contributed by atoms with Crippen molar-refractivity contribution in [3.63, 3.8) is 0 Å². The molecule has 2 amide bonds. The van der Waals surface area contributed by atoms with Crippen LogP contribution in [0, 0.1) is 5.92 Å². The zero-order chi connectivity index (χ0) is 15.6. The topological polar surface area (TPSA) is 62.3 Å². The third-order valence-corrected chi connectivity index (χ3v) is 4.91. The van der Waals surface area contributed by atoms with Crippen LogP contribution in [0.5, 0.6) is 0 Å². The number of hydrogen-bond donors (Lipinski definition) is 1. The molecule has 1 fully saturated rings. The molecule has 1 aromatic heterocycles. The highest BCUT2D eigenvalue weighted by Crippen LogP contribution is 2.29. The Hall–Kier alpha value is -1.43. The van der Waals surface area contributed by atoms with Gasteiger partial charge in [-0.2, -0.15) is 0 Å². The van der Waals surface area contributed by atoms with E-state index in [-0.39, 0.29) is 11.8 Å². The predicted octanol–water partition coefficient (Wildman–Crippen LogP) is 2.18. The molecule has 1 N–H and O–H groups in total. The lowest BCUT2D eigenvalue weighted by Crippen LogP contribution is -2.69. The van der Waals surface area contributed by atoms with E-state index in [1.165, 1.54) is 11.3 Å². The minimum Gasteiger partial charge on any atom is -0.342 e. The van der Waals surface area contributed by atoms with Crippen molar-refractivity contribution in [2.24, 2.45) is 5.92 Å². The van der Waals surface area contributed by atoms with Crippen molar-refractivity contribution >= 4 is 23.2 Å². The van der Waals surface area contributed by atoms with E-state index in [1.807, 2.05) is 13.8 Å². The number of thiazole rings is 1. The van der Waals surface area contributed by atoms with Crippen molar-refractivity contribution in [3.8, 4) is 0 Å². The van der Waals surface area contributed by atoms with Crippen LogP contribution >= 0.6 is 11.3 Å². The van der Waals surface area contributed by atoms with E-state index in [1.54, 1.807) is 16.6 Å². The molecule has 0 aliphatic carbocycles. The van der Waals surface area contributed by atoms with Crippen LogP contribution in [0.25, 0.3) is 0 Å². The van der Waals surface area contributed by atoms with Gasteiger partial charge in [0.1, 0.15) is 11.6 Å². The average Bonchev–Trinajstić information content (AvgIpc) is 2.93. The minimum absolute atomic E-state index is 0.0149. The van der Waals surface area contributed by atoms with Crippen LogP contribution in [-0.4, -0.2) is 33.3 Å². The first kappa shape index (κ1) is 15.9. The van der Waals surface area contributed by atoms with Gasteiger partial charge in [0.2, 0.25) is 11.8 Å². The fourth-order valence-corrected chi connectivity index (χ4v) is 3.22. The summed E-state index contributed by atoms with van der Waals surface area (Å²) in [5, 5.41) is 2.91. The first-order chi connectivity index (χ1) is 9.88.